The monoisotopic (exact) mass is 518 g/mol. The van der Waals surface area contributed by atoms with Gasteiger partial charge in [0.05, 0.1) is 23.0 Å². The van der Waals surface area contributed by atoms with Crippen LogP contribution < -0.4 is 0 Å². The Balaban J connectivity index is 1.43. The van der Waals surface area contributed by atoms with Crippen molar-refractivity contribution < 1.29 is 14.0 Å². The summed E-state index contributed by atoms with van der Waals surface area (Å²) in [6.45, 7) is 9.25. The van der Waals surface area contributed by atoms with E-state index in [1.807, 2.05) is 30.8 Å². The molecule has 7 heteroatoms. The molecule has 2 fully saturated rings. The SMILES string of the molecule is Cc1cncc2c1c(C[C@@H]1CCN(CC3CCC(=O)CC3)C1)cn2-c1ccc(F)cc1C(=O)N(C)C(C)C. The summed E-state index contributed by atoms with van der Waals surface area (Å²) in [5.41, 5.74) is 4.31. The second-order valence-electron chi connectivity index (χ2n) is 11.6. The minimum Gasteiger partial charge on any atom is -0.339 e. The maximum atomic E-state index is 14.4. The van der Waals surface area contributed by atoms with Crippen LogP contribution in [-0.2, 0) is 11.2 Å². The van der Waals surface area contributed by atoms with Gasteiger partial charge in [-0.05, 0) is 94.2 Å². The van der Waals surface area contributed by atoms with Crippen molar-refractivity contribution in [2.45, 2.75) is 65.3 Å². The van der Waals surface area contributed by atoms with Gasteiger partial charge in [0.1, 0.15) is 11.6 Å². The van der Waals surface area contributed by atoms with E-state index in [-0.39, 0.29) is 11.9 Å². The Hall–Kier alpha value is -3.06. The number of carbonyl (C=O) groups is 2. The van der Waals surface area contributed by atoms with Crippen LogP contribution in [0.4, 0.5) is 4.39 Å². The number of nitrogens with zero attached hydrogens (tertiary/aromatic N) is 4. The maximum Gasteiger partial charge on any atom is 0.256 e. The molecular formula is C31H39FN4O2. The van der Waals surface area contributed by atoms with E-state index in [0.29, 0.717) is 28.9 Å². The van der Waals surface area contributed by atoms with Crippen LogP contribution in [-0.4, -0.2) is 63.8 Å². The number of ketones is 1. The van der Waals surface area contributed by atoms with E-state index < -0.39 is 5.82 Å². The fourth-order valence-corrected chi connectivity index (χ4v) is 6.21. The van der Waals surface area contributed by atoms with Gasteiger partial charge in [0.25, 0.3) is 5.91 Å². The standard InChI is InChI=1S/C31H39FN4O2/c1-20(2)34(4)31(38)27-14-25(32)7-10-28(27)36-19-24(30-21(3)15-33-16-29(30)36)13-23-11-12-35(18-23)17-22-5-8-26(37)9-6-22/h7,10,14-16,19-20,22-23H,5-6,8-9,11-13,17-18H2,1-4H3/t23-/m0/s1. The maximum absolute atomic E-state index is 14.4. The molecule has 1 amide bonds. The van der Waals surface area contributed by atoms with E-state index in [1.165, 1.54) is 23.1 Å². The van der Waals surface area contributed by atoms with Crippen molar-refractivity contribution in [1.29, 1.82) is 0 Å². The zero-order valence-electron chi connectivity index (χ0n) is 23.0. The number of Topliss-reactive ketones (excluding diaryl/α,β-unsaturated/α-hetero) is 1. The summed E-state index contributed by atoms with van der Waals surface area (Å²) in [5.74, 6) is 0.986. The number of aryl methyl sites for hydroxylation is 1. The van der Waals surface area contributed by atoms with Gasteiger partial charge in [-0.1, -0.05) is 0 Å². The Morgan fingerprint density at radius 2 is 1.92 bits per heavy atom. The average Bonchev–Trinajstić information content (AvgIpc) is 3.49. The normalized spacial score (nSPS) is 19.1. The molecule has 5 rings (SSSR count). The molecule has 0 radical (unpaired) electrons. The Bertz CT molecular complexity index is 1340. The number of carbonyl (C=O) groups excluding carboxylic acids is 2. The summed E-state index contributed by atoms with van der Waals surface area (Å²) < 4.78 is 16.4. The molecule has 0 unspecified atom stereocenters. The highest BCUT2D eigenvalue weighted by Crippen LogP contribution is 2.33. The number of pyridine rings is 1. The largest absolute Gasteiger partial charge is 0.339 e. The number of fused-ring (bicyclic) bond motifs is 1. The Morgan fingerprint density at radius 3 is 2.66 bits per heavy atom. The summed E-state index contributed by atoms with van der Waals surface area (Å²) >= 11 is 0. The van der Waals surface area contributed by atoms with Crippen LogP contribution >= 0.6 is 0 Å². The minimum atomic E-state index is -0.423. The number of hydrogen-bond acceptors (Lipinski definition) is 4. The molecule has 0 spiro atoms. The van der Waals surface area contributed by atoms with Crippen molar-refractivity contribution in [3.8, 4) is 5.69 Å². The second kappa shape index (κ2) is 11.0. The number of hydrogen-bond donors (Lipinski definition) is 0. The van der Waals surface area contributed by atoms with Crippen LogP contribution in [0.3, 0.4) is 0 Å². The van der Waals surface area contributed by atoms with Gasteiger partial charge in [-0.2, -0.15) is 0 Å². The smallest absolute Gasteiger partial charge is 0.256 e. The lowest BCUT2D eigenvalue weighted by atomic mass is 9.88. The molecular weight excluding hydrogens is 479 g/mol. The van der Waals surface area contributed by atoms with E-state index in [9.17, 15) is 14.0 Å². The summed E-state index contributed by atoms with van der Waals surface area (Å²) in [6, 6.07) is 4.47. The molecule has 1 aromatic carbocycles. The van der Waals surface area contributed by atoms with E-state index >= 15 is 0 Å². The molecule has 1 aliphatic carbocycles. The summed E-state index contributed by atoms with van der Waals surface area (Å²) in [5, 5.41) is 1.17. The van der Waals surface area contributed by atoms with Crippen LogP contribution in [0.5, 0.6) is 0 Å². The molecule has 3 heterocycles. The first-order chi connectivity index (χ1) is 18.2. The van der Waals surface area contributed by atoms with Crippen LogP contribution in [0, 0.1) is 24.6 Å². The van der Waals surface area contributed by atoms with Crippen LogP contribution in [0.1, 0.15) is 67.4 Å². The van der Waals surface area contributed by atoms with Gasteiger partial charge in [-0.25, -0.2) is 4.39 Å². The number of rotatable bonds is 7. The number of aromatic nitrogens is 2. The molecule has 6 nitrogen and oxygen atoms in total. The Morgan fingerprint density at radius 1 is 1.16 bits per heavy atom. The van der Waals surface area contributed by atoms with Crippen molar-refractivity contribution in [1.82, 2.24) is 19.4 Å². The fraction of sp³-hybridized carbons (Fsp3) is 0.516. The van der Waals surface area contributed by atoms with E-state index in [4.69, 9.17) is 0 Å². The van der Waals surface area contributed by atoms with Gasteiger partial charge < -0.3 is 14.4 Å². The first-order valence-corrected chi connectivity index (χ1v) is 14.0. The summed E-state index contributed by atoms with van der Waals surface area (Å²) in [7, 11) is 1.75. The third kappa shape index (κ3) is 5.39. The van der Waals surface area contributed by atoms with Crippen LogP contribution in [0.2, 0.25) is 0 Å². The van der Waals surface area contributed by atoms with E-state index in [0.717, 1.165) is 69.2 Å². The first-order valence-electron chi connectivity index (χ1n) is 14.0. The number of benzene rings is 1. The Labute approximate surface area is 224 Å². The predicted octanol–water partition coefficient (Wildman–Crippen LogP) is 5.58. The van der Waals surface area contributed by atoms with Crippen molar-refractivity contribution >= 4 is 22.6 Å². The molecule has 0 bridgehead atoms. The molecule has 1 saturated carbocycles. The molecule has 0 N–H and O–H groups in total. The van der Waals surface area contributed by atoms with Gasteiger partial charge in [-0.3, -0.25) is 14.6 Å². The van der Waals surface area contributed by atoms with Crippen LogP contribution in [0.25, 0.3) is 16.6 Å². The van der Waals surface area contributed by atoms with Gasteiger partial charge in [0.15, 0.2) is 0 Å². The van der Waals surface area contributed by atoms with Gasteiger partial charge in [0, 0.05) is 56.8 Å². The molecule has 2 aliphatic rings. The lowest BCUT2D eigenvalue weighted by Gasteiger charge is -2.26. The van der Waals surface area contributed by atoms with Gasteiger partial charge in [0.2, 0.25) is 0 Å². The van der Waals surface area contributed by atoms with E-state index in [2.05, 4.69) is 23.0 Å². The summed E-state index contributed by atoms with van der Waals surface area (Å²) in [6.07, 6.45) is 11.5. The highest BCUT2D eigenvalue weighted by atomic mass is 19.1. The van der Waals surface area contributed by atoms with Gasteiger partial charge >= 0.3 is 0 Å². The van der Waals surface area contributed by atoms with E-state index in [1.54, 1.807) is 18.0 Å². The zero-order valence-corrected chi connectivity index (χ0v) is 23.0. The summed E-state index contributed by atoms with van der Waals surface area (Å²) in [4.78, 5) is 33.6. The third-order valence-electron chi connectivity index (χ3n) is 8.58. The molecule has 1 atom stereocenters. The minimum absolute atomic E-state index is 0.00101. The molecule has 38 heavy (non-hydrogen) atoms. The lowest BCUT2D eigenvalue weighted by molar-refractivity contribution is -0.121. The zero-order chi connectivity index (χ0) is 27.0. The predicted molar refractivity (Wildman–Crippen MR) is 148 cm³/mol. The van der Waals surface area contributed by atoms with Crippen molar-refractivity contribution in [3.63, 3.8) is 0 Å². The molecule has 3 aromatic rings. The number of halogens is 1. The van der Waals surface area contributed by atoms with Gasteiger partial charge in [-0.15, -0.1) is 0 Å². The third-order valence-corrected chi connectivity index (χ3v) is 8.58. The quantitative estimate of drug-likeness (QED) is 0.410. The molecule has 1 aliphatic heterocycles. The second-order valence-corrected chi connectivity index (χ2v) is 11.6. The lowest BCUT2D eigenvalue weighted by Crippen LogP contribution is -2.33. The Kier molecular flexibility index (Phi) is 7.66. The van der Waals surface area contributed by atoms with Crippen molar-refractivity contribution in [2.24, 2.45) is 11.8 Å². The number of amides is 1. The molecule has 202 valence electrons. The average molecular weight is 519 g/mol. The molecule has 1 saturated heterocycles. The van der Waals surface area contributed by atoms with Crippen molar-refractivity contribution in [3.05, 3.63) is 59.3 Å². The highest BCUT2D eigenvalue weighted by molar-refractivity contribution is 5.99. The fourth-order valence-electron chi connectivity index (χ4n) is 6.21. The number of likely N-dealkylation sites (tertiary alicyclic amines) is 1. The van der Waals surface area contributed by atoms with Crippen LogP contribution in [0.15, 0.2) is 36.8 Å². The topological polar surface area (TPSA) is 58.4 Å². The highest BCUT2D eigenvalue weighted by Gasteiger charge is 2.28. The van der Waals surface area contributed by atoms with Crippen molar-refractivity contribution in [2.75, 3.05) is 26.7 Å². The first kappa shape index (κ1) is 26.5. The molecule has 2 aromatic heterocycles.